The summed E-state index contributed by atoms with van der Waals surface area (Å²) in [5.41, 5.74) is 1.17. The summed E-state index contributed by atoms with van der Waals surface area (Å²) < 4.78 is 0. The number of benzene rings is 1. The number of piperazine rings is 1. The van der Waals surface area contributed by atoms with Gasteiger partial charge in [0.1, 0.15) is 0 Å². The van der Waals surface area contributed by atoms with Crippen LogP contribution in [0.3, 0.4) is 0 Å². The second kappa shape index (κ2) is 9.04. The standard InChI is InChI=1S/C18H26ClN3O.ClH/c1-14(16-4-2-3-5-17(16)19)21-10-12-22(13-11-21)18(23)15-6-8-20-9-7-15;/h2-5,14-15,20H,6-13H2,1H3;1H. The quantitative estimate of drug-likeness (QED) is 0.886. The van der Waals surface area contributed by atoms with Gasteiger partial charge in [0.15, 0.2) is 0 Å². The number of amides is 1. The smallest absolute Gasteiger partial charge is 0.225 e. The molecule has 1 aromatic carbocycles. The predicted octanol–water partition coefficient (Wildman–Crippen LogP) is 2.97. The summed E-state index contributed by atoms with van der Waals surface area (Å²) in [6.45, 7) is 7.65. The highest BCUT2D eigenvalue weighted by atomic mass is 35.5. The molecule has 2 fully saturated rings. The zero-order chi connectivity index (χ0) is 16.2. The van der Waals surface area contributed by atoms with Gasteiger partial charge in [0.2, 0.25) is 5.91 Å². The first kappa shape index (κ1) is 19.5. The molecule has 1 N–H and O–H groups in total. The number of carbonyl (C=O) groups is 1. The first-order valence-electron chi connectivity index (χ1n) is 8.65. The molecule has 6 heteroatoms. The Morgan fingerprint density at radius 3 is 2.42 bits per heavy atom. The summed E-state index contributed by atoms with van der Waals surface area (Å²) in [5.74, 6) is 0.584. The second-order valence-electron chi connectivity index (χ2n) is 6.58. The van der Waals surface area contributed by atoms with E-state index in [-0.39, 0.29) is 18.3 Å². The number of carbonyl (C=O) groups excluding carboxylic acids is 1. The molecule has 2 heterocycles. The maximum absolute atomic E-state index is 12.6. The average molecular weight is 372 g/mol. The molecule has 2 aliphatic heterocycles. The molecule has 0 saturated carbocycles. The molecule has 1 aromatic rings. The van der Waals surface area contributed by atoms with Gasteiger partial charge in [0.05, 0.1) is 0 Å². The van der Waals surface area contributed by atoms with Crippen LogP contribution in [-0.4, -0.2) is 55.0 Å². The van der Waals surface area contributed by atoms with Crippen LogP contribution in [0.5, 0.6) is 0 Å². The van der Waals surface area contributed by atoms with E-state index in [4.69, 9.17) is 11.6 Å². The summed E-state index contributed by atoms with van der Waals surface area (Å²) in [7, 11) is 0. The topological polar surface area (TPSA) is 35.6 Å². The van der Waals surface area contributed by atoms with Gasteiger partial charge in [-0.3, -0.25) is 9.69 Å². The van der Waals surface area contributed by atoms with Crippen LogP contribution in [0.4, 0.5) is 0 Å². The molecule has 2 saturated heterocycles. The van der Waals surface area contributed by atoms with Crippen molar-refractivity contribution in [3.8, 4) is 0 Å². The minimum Gasteiger partial charge on any atom is -0.340 e. The van der Waals surface area contributed by atoms with Gasteiger partial charge in [0, 0.05) is 43.2 Å². The summed E-state index contributed by atoms with van der Waals surface area (Å²) in [4.78, 5) is 17.1. The van der Waals surface area contributed by atoms with E-state index in [1.807, 2.05) is 18.2 Å². The van der Waals surface area contributed by atoms with Crippen molar-refractivity contribution in [2.45, 2.75) is 25.8 Å². The first-order valence-corrected chi connectivity index (χ1v) is 9.02. The van der Waals surface area contributed by atoms with Crippen molar-refractivity contribution in [1.82, 2.24) is 15.1 Å². The van der Waals surface area contributed by atoms with Gasteiger partial charge in [0.25, 0.3) is 0 Å². The minimum atomic E-state index is 0. The maximum Gasteiger partial charge on any atom is 0.225 e. The number of hydrogen-bond donors (Lipinski definition) is 1. The SMILES string of the molecule is CC(c1ccccc1Cl)N1CCN(C(=O)C2CCNCC2)CC1.Cl. The third kappa shape index (κ3) is 4.42. The van der Waals surface area contributed by atoms with Crippen molar-refractivity contribution in [3.05, 3.63) is 34.9 Å². The van der Waals surface area contributed by atoms with Crippen molar-refractivity contribution >= 4 is 29.9 Å². The van der Waals surface area contributed by atoms with Gasteiger partial charge in [-0.05, 0) is 44.5 Å². The predicted molar refractivity (Wildman–Crippen MR) is 101 cm³/mol. The molecule has 24 heavy (non-hydrogen) atoms. The van der Waals surface area contributed by atoms with E-state index in [2.05, 4.69) is 28.1 Å². The zero-order valence-electron chi connectivity index (χ0n) is 14.2. The Bertz CT molecular complexity index is 541. The molecule has 0 bridgehead atoms. The highest BCUT2D eigenvalue weighted by Crippen LogP contribution is 2.28. The Labute approximate surface area is 155 Å². The van der Waals surface area contributed by atoms with Crippen LogP contribution in [-0.2, 0) is 4.79 Å². The first-order chi connectivity index (χ1) is 11.2. The molecule has 0 aromatic heterocycles. The lowest BCUT2D eigenvalue weighted by Gasteiger charge is -2.40. The van der Waals surface area contributed by atoms with Crippen molar-refractivity contribution in [1.29, 1.82) is 0 Å². The Kier molecular flexibility index (Phi) is 7.35. The number of nitrogens with zero attached hydrogens (tertiary/aromatic N) is 2. The van der Waals surface area contributed by atoms with E-state index < -0.39 is 0 Å². The summed E-state index contributed by atoms with van der Waals surface area (Å²) in [6, 6.07) is 8.34. The molecule has 0 spiro atoms. The van der Waals surface area contributed by atoms with Gasteiger partial charge in [-0.1, -0.05) is 29.8 Å². The lowest BCUT2D eigenvalue weighted by molar-refractivity contribution is -0.138. The number of rotatable bonds is 3. The fourth-order valence-corrected chi connectivity index (χ4v) is 3.96. The van der Waals surface area contributed by atoms with E-state index in [1.165, 1.54) is 5.56 Å². The lowest BCUT2D eigenvalue weighted by atomic mass is 9.96. The molecular formula is C18H27Cl2N3O. The number of halogens is 2. The van der Waals surface area contributed by atoms with Crippen LogP contribution in [0.2, 0.25) is 5.02 Å². The number of nitrogens with one attached hydrogen (secondary N) is 1. The van der Waals surface area contributed by atoms with Crippen LogP contribution in [0.25, 0.3) is 0 Å². The molecule has 0 radical (unpaired) electrons. The molecule has 1 atom stereocenters. The highest BCUT2D eigenvalue weighted by molar-refractivity contribution is 6.31. The van der Waals surface area contributed by atoms with Crippen LogP contribution in [0.1, 0.15) is 31.4 Å². The number of hydrogen-bond acceptors (Lipinski definition) is 3. The molecule has 2 aliphatic rings. The van der Waals surface area contributed by atoms with Crippen LogP contribution < -0.4 is 5.32 Å². The zero-order valence-corrected chi connectivity index (χ0v) is 15.8. The maximum atomic E-state index is 12.6. The Hall–Kier alpha value is -0.810. The third-order valence-electron chi connectivity index (χ3n) is 5.22. The molecule has 134 valence electrons. The van der Waals surface area contributed by atoms with Gasteiger partial charge in [-0.2, -0.15) is 0 Å². The van der Waals surface area contributed by atoms with Crippen molar-refractivity contribution in [2.24, 2.45) is 5.92 Å². The van der Waals surface area contributed by atoms with E-state index in [1.54, 1.807) is 0 Å². The molecule has 0 aliphatic carbocycles. The molecule has 1 unspecified atom stereocenters. The normalized spacial score (nSPS) is 21.2. The van der Waals surface area contributed by atoms with E-state index >= 15 is 0 Å². The Morgan fingerprint density at radius 1 is 1.17 bits per heavy atom. The molecular weight excluding hydrogens is 345 g/mol. The van der Waals surface area contributed by atoms with Crippen LogP contribution in [0.15, 0.2) is 24.3 Å². The summed E-state index contributed by atoms with van der Waals surface area (Å²) in [5, 5.41) is 4.15. The molecule has 1 amide bonds. The van der Waals surface area contributed by atoms with Crippen molar-refractivity contribution in [2.75, 3.05) is 39.3 Å². The summed E-state index contributed by atoms with van der Waals surface area (Å²) >= 11 is 6.32. The third-order valence-corrected chi connectivity index (χ3v) is 5.56. The van der Waals surface area contributed by atoms with E-state index in [9.17, 15) is 4.79 Å². The fraction of sp³-hybridized carbons (Fsp3) is 0.611. The molecule has 3 rings (SSSR count). The highest BCUT2D eigenvalue weighted by Gasteiger charge is 2.30. The summed E-state index contributed by atoms with van der Waals surface area (Å²) in [6.07, 6.45) is 1.96. The van der Waals surface area contributed by atoms with Gasteiger partial charge in [-0.25, -0.2) is 0 Å². The monoisotopic (exact) mass is 371 g/mol. The molecule has 4 nitrogen and oxygen atoms in total. The Morgan fingerprint density at radius 2 is 1.79 bits per heavy atom. The minimum absolute atomic E-state index is 0. The van der Waals surface area contributed by atoms with Crippen molar-refractivity contribution in [3.63, 3.8) is 0 Å². The van der Waals surface area contributed by atoms with E-state index in [0.29, 0.717) is 11.9 Å². The Balaban J connectivity index is 0.00000208. The largest absolute Gasteiger partial charge is 0.340 e. The lowest BCUT2D eigenvalue weighted by Crippen LogP contribution is -2.51. The van der Waals surface area contributed by atoms with Crippen LogP contribution in [0, 0.1) is 5.92 Å². The average Bonchev–Trinajstić information content (AvgIpc) is 2.62. The van der Waals surface area contributed by atoms with Crippen molar-refractivity contribution < 1.29 is 4.79 Å². The van der Waals surface area contributed by atoms with E-state index in [0.717, 1.165) is 57.1 Å². The van der Waals surface area contributed by atoms with Gasteiger partial charge < -0.3 is 10.2 Å². The second-order valence-corrected chi connectivity index (χ2v) is 6.99. The van der Waals surface area contributed by atoms with Crippen LogP contribution >= 0.6 is 24.0 Å². The fourth-order valence-electron chi connectivity index (χ4n) is 3.67. The van der Waals surface area contributed by atoms with Gasteiger partial charge >= 0.3 is 0 Å². The number of piperidine rings is 1. The van der Waals surface area contributed by atoms with Gasteiger partial charge in [-0.15, -0.1) is 12.4 Å².